The van der Waals surface area contributed by atoms with Crippen molar-refractivity contribution in [3.05, 3.63) is 29.6 Å². The summed E-state index contributed by atoms with van der Waals surface area (Å²) in [6.07, 6.45) is 0. The van der Waals surface area contributed by atoms with Gasteiger partial charge in [0, 0.05) is 12.5 Å². The van der Waals surface area contributed by atoms with Crippen LogP contribution in [-0.4, -0.2) is 18.8 Å². The summed E-state index contributed by atoms with van der Waals surface area (Å²) in [6, 6.07) is 3.82. The second-order valence-electron chi connectivity index (χ2n) is 3.09. The topological polar surface area (TPSA) is 47.9 Å². The number of nitrogens with zero attached hydrogens (tertiary/aromatic N) is 1. The van der Waals surface area contributed by atoms with Crippen LogP contribution in [0.1, 0.15) is 19.4 Å². The van der Waals surface area contributed by atoms with Crippen molar-refractivity contribution in [3.8, 4) is 5.75 Å². The molecule has 1 rings (SSSR count). The van der Waals surface area contributed by atoms with Crippen molar-refractivity contribution in [2.75, 3.05) is 7.11 Å². The first kappa shape index (κ1) is 12.2. The molecule has 86 valence electrons. The molecule has 16 heavy (non-hydrogen) atoms. The number of oxime groups is 1. The summed E-state index contributed by atoms with van der Waals surface area (Å²) in [7, 11) is 1.38. The van der Waals surface area contributed by atoms with Crippen molar-refractivity contribution in [2.45, 2.75) is 13.8 Å². The number of ether oxygens (including phenoxy) is 1. The number of halogens is 1. The molecule has 0 fully saturated rings. The van der Waals surface area contributed by atoms with Gasteiger partial charge in [-0.2, -0.15) is 0 Å². The number of hydrogen-bond donors (Lipinski definition) is 0. The molecule has 0 aromatic heterocycles. The van der Waals surface area contributed by atoms with Crippen molar-refractivity contribution in [1.29, 1.82) is 0 Å². The molecule has 0 spiro atoms. The molecule has 0 N–H and O–H groups in total. The fraction of sp³-hybridized carbons (Fsp3) is 0.273. The van der Waals surface area contributed by atoms with E-state index < -0.39 is 11.8 Å². The molecule has 0 atom stereocenters. The van der Waals surface area contributed by atoms with E-state index in [1.165, 1.54) is 32.2 Å². The molecule has 5 heteroatoms. The molecule has 1 aromatic rings. The van der Waals surface area contributed by atoms with Crippen LogP contribution in [0.15, 0.2) is 23.4 Å². The van der Waals surface area contributed by atoms with Crippen molar-refractivity contribution in [2.24, 2.45) is 5.16 Å². The van der Waals surface area contributed by atoms with Gasteiger partial charge in [-0.05, 0) is 25.1 Å². The number of carbonyl (C=O) groups is 1. The molecule has 0 bridgehead atoms. The summed E-state index contributed by atoms with van der Waals surface area (Å²) in [4.78, 5) is 15.4. The van der Waals surface area contributed by atoms with Crippen LogP contribution in [-0.2, 0) is 9.63 Å². The zero-order valence-electron chi connectivity index (χ0n) is 9.28. The van der Waals surface area contributed by atoms with Crippen LogP contribution in [0, 0.1) is 5.82 Å². The lowest BCUT2D eigenvalue weighted by molar-refractivity contribution is -0.131. The fourth-order valence-corrected chi connectivity index (χ4v) is 1.21. The molecule has 1 aromatic carbocycles. The van der Waals surface area contributed by atoms with Gasteiger partial charge in [-0.25, -0.2) is 4.39 Å². The van der Waals surface area contributed by atoms with Crippen molar-refractivity contribution in [3.63, 3.8) is 0 Å². The summed E-state index contributed by atoms with van der Waals surface area (Å²) in [5.41, 5.74) is 0.815. The first-order valence-corrected chi connectivity index (χ1v) is 4.60. The van der Waals surface area contributed by atoms with Gasteiger partial charge in [0.05, 0.1) is 5.71 Å². The maximum atomic E-state index is 13.0. The Labute approximate surface area is 92.7 Å². The zero-order valence-corrected chi connectivity index (χ0v) is 9.28. The van der Waals surface area contributed by atoms with E-state index in [4.69, 9.17) is 4.74 Å². The van der Waals surface area contributed by atoms with Crippen LogP contribution in [0.25, 0.3) is 0 Å². The highest BCUT2D eigenvalue weighted by Crippen LogP contribution is 2.21. The van der Waals surface area contributed by atoms with Gasteiger partial charge in [0.25, 0.3) is 0 Å². The monoisotopic (exact) mass is 225 g/mol. The fourth-order valence-electron chi connectivity index (χ4n) is 1.21. The van der Waals surface area contributed by atoms with Crippen molar-refractivity contribution in [1.82, 2.24) is 0 Å². The standard InChI is InChI=1S/C11H12FNO3/c1-7(13-15-3)10-6-9(12)4-5-11(10)16-8(2)14/h4-6H,1-3H3/b13-7-. The van der Waals surface area contributed by atoms with E-state index in [9.17, 15) is 9.18 Å². The Bertz CT molecular complexity index is 429. The first-order valence-electron chi connectivity index (χ1n) is 4.60. The maximum absolute atomic E-state index is 13.0. The number of rotatable bonds is 3. The number of carbonyl (C=O) groups excluding carboxylic acids is 1. The van der Waals surface area contributed by atoms with Crippen LogP contribution in [0.3, 0.4) is 0 Å². The minimum Gasteiger partial charge on any atom is -0.426 e. The van der Waals surface area contributed by atoms with Gasteiger partial charge in [-0.3, -0.25) is 4.79 Å². The van der Waals surface area contributed by atoms with Crippen LogP contribution in [0.2, 0.25) is 0 Å². The molecule has 0 aliphatic heterocycles. The smallest absolute Gasteiger partial charge is 0.308 e. The molecule has 4 nitrogen and oxygen atoms in total. The molecule has 0 amide bonds. The van der Waals surface area contributed by atoms with Gasteiger partial charge in [-0.1, -0.05) is 5.16 Å². The highest BCUT2D eigenvalue weighted by atomic mass is 19.1. The van der Waals surface area contributed by atoms with Crippen molar-refractivity contribution >= 4 is 11.7 Å². The average Bonchev–Trinajstić information content (AvgIpc) is 2.20. The lowest BCUT2D eigenvalue weighted by Gasteiger charge is -2.08. The van der Waals surface area contributed by atoms with E-state index in [0.717, 1.165) is 0 Å². The number of esters is 1. The van der Waals surface area contributed by atoms with E-state index in [-0.39, 0.29) is 5.75 Å². The summed E-state index contributed by atoms with van der Waals surface area (Å²) < 4.78 is 18.0. The second kappa shape index (κ2) is 5.25. The summed E-state index contributed by atoms with van der Waals surface area (Å²) >= 11 is 0. The van der Waals surface area contributed by atoms with Gasteiger partial charge in [0.1, 0.15) is 18.7 Å². The molecule has 0 unspecified atom stereocenters. The Balaban J connectivity index is 3.17. The second-order valence-corrected chi connectivity index (χ2v) is 3.09. The molecule has 0 radical (unpaired) electrons. The largest absolute Gasteiger partial charge is 0.426 e. The molecule has 0 saturated carbocycles. The lowest BCUT2D eigenvalue weighted by Crippen LogP contribution is -2.07. The number of hydrogen-bond acceptors (Lipinski definition) is 4. The van der Waals surface area contributed by atoms with Crippen LogP contribution >= 0.6 is 0 Å². The summed E-state index contributed by atoms with van der Waals surface area (Å²) in [5.74, 6) is -0.651. The van der Waals surface area contributed by atoms with E-state index in [0.29, 0.717) is 11.3 Å². The Morgan fingerprint density at radius 2 is 2.06 bits per heavy atom. The van der Waals surface area contributed by atoms with Gasteiger partial charge < -0.3 is 9.57 Å². The third-order valence-electron chi connectivity index (χ3n) is 1.81. The van der Waals surface area contributed by atoms with Crippen LogP contribution in [0.5, 0.6) is 5.75 Å². The number of benzene rings is 1. The van der Waals surface area contributed by atoms with Gasteiger partial charge in [0.15, 0.2) is 0 Å². The first-order chi connectivity index (χ1) is 7.54. The SMILES string of the molecule is CO/N=C(/C)c1cc(F)ccc1OC(C)=O. The summed E-state index contributed by atoms with van der Waals surface area (Å²) in [5, 5.41) is 3.66. The van der Waals surface area contributed by atoms with Crippen molar-refractivity contribution < 1.29 is 18.8 Å². The van der Waals surface area contributed by atoms with Crippen LogP contribution in [0.4, 0.5) is 4.39 Å². The van der Waals surface area contributed by atoms with E-state index in [1.54, 1.807) is 6.92 Å². The molecule has 0 aliphatic rings. The Kier molecular flexibility index (Phi) is 3.99. The normalized spacial score (nSPS) is 11.1. The van der Waals surface area contributed by atoms with Gasteiger partial charge in [-0.15, -0.1) is 0 Å². The quantitative estimate of drug-likeness (QED) is 0.342. The lowest BCUT2D eigenvalue weighted by atomic mass is 10.1. The zero-order chi connectivity index (χ0) is 12.1. The Morgan fingerprint density at radius 1 is 1.38 bits per heavy atom. The predicted octanol–water partition coefficient (Wildman–Crippen LogP) is 2.12. The van der Waals surface area contributed by atoms with Gasteiger partial charge >= 0.3 is 5.97 Å². The Morgan fingerprint density at radius 3 is 2.62 bits per heavy atom. The molecular formula is C11H12FNO3. The Hall–Kier alpha value is -1.91. The molecule has 0 aliphatic carbocycles. The minimum absolute atomic E-state index is 0.257. The molecular weight excluding hydrogens is 213 g/mol. The highest BCUT2D eigenvalue weighted by Gasteiger charge is 2.10. The predicted molar refractivity (Wildman–Crippen MR) is 56.9 cm³/mol. The molecule has 0 heterocycles. The molecule has 0 saturated heterocycles. The average molecular weight is 225 g/mol. The highest BCUT2D eigenvalue weighted by molar-refractivity contribution is 6.01. The third-order valence-corrected chi connectivity index (χ3v) is 1.81. The summed E-state index contributed by atoms with van der Waals surface area (Å²) in [6.45, 7) is 2.90. The van der Waals surface area contributed by atoms with E-state index >= 15 is 0 Å². The van der Waals surface area contributed by atoms with E-state index in [2.05, 4.69) is 9.99 Å². The maximum Gasteiger partial charge on any atom is 0.308 e. The minimum atomic E-state index is -0.474. The van der Waals surface area contributed by atoms with Crippen LogP contribution < -0.4 is 4.74 Å². The van der Waals surface area contributed by atoms with Gasteiger partial charge in [0.2, 0.25) is 0 Å². The van der Waals surface area contributed by atoms with E-state index in [1.807, 2.05) is 0 Å². The third kappa shape index (κ3) is 3.05.